The van der Waals surface area contributed by atoms with E-state index in [2.05, 4.69) is 26.1 Å². The summed E-state index contributed by atoms with van der Waals surface area (Å²) in [6, 6.07) is 6.36. The molecule has 0 radical (unpaired) electrons. The highest BCUT2D eigenvalue weighted by atomic mass is 32.2. The van der Waals surface area contributed by atoms with Gasteiger partial charge in [-0.15, -0.1) is 0 Å². The Hall–Kier alpha value is -2.02. The van der Waals surface area contributed by atoms with Crippen LogP contribution in [0.5, 0.6) is 0 Å². The topological polar surface area (TPSA) is 75.7 Å². The number of carbonyl (C=O) groups excluding carboxylic acids is 3. The Morgan fingerprint density at radius 3 is 2.04 bits per heavy atom. The van der Waals surface area contributed by atoms with Gasteiger partial charge in [-0.1, -0.05) is 32.9 Å². The molecule has 27 heavy (non-hydrogen) atoms. The number of nitrogens with zero attached hydrogens (tertiary/aromatic N) is 1. The summed E-state index contributed by atoms with van der Waals surface area (Å²) in [4.78, 5) is 38.6. The van der Waals surface area contributed by atoms with Crippen molar-refractivity contribution in [2.24, 2.45) is 0 Å². The monoisotopic (exact) mass is 392 g/mol. The van der Waals surface area contributed by atoms with Crippen molar-refractivity contribution < 1.29 is 19.1 Å². The van der Waals surface area contributed by atoms with E-state index in [-0.39, 0.29) is 23.1 Å². The normalized spacial score (nSPS) is 15.6. The first-order chi connectivity index (χ1) is 12.4. The van der Waals surface area contributed by atoms with Gasteiger partial charge in [-0.3, -0.25) is 14.5 Å². The Labute approximate surface area is 165 Å². The molecule has 6 nitrogen and oxygen atoms in total. The molecule has 0 unspecified atom stereocenters. The van der Waals surface area contributed by atoms with E-state index in [0.29, 0.717) is 16.9 Å². The van der Waals surface area contributed by atoms with E-state index >= 15 is 0 Å². The van der Waals surface area contributed by atoms with Gasteiger partial charge < -0.3 is 10.1 Å². The molecular formula is C20H28N2O4S. The van der Waals surface area contributed by atoms with Crippen LogP contribution in [0.25, 0.3) is 0 Å². The van der Waals surface area contributed by atoms with E-state index in [1.165, 1.54) is 4.90 Å². The number of carbonyl (C=O) groups is 3. The summed E-state index contributed by atoms with van der Waals surface area (Å²) in [5.74, 6) is -0.101. The third-order valence-corrected chi connectivity index (χ3v) is 5.15. The van der Waals surface area contributed by atoms with E-state index in [4.69, 9.17) is 4.74 Å². The number of imide groups is 1. The molecule has 0 bridgehead atoms. The first-order valence-electron chi connectivity index (χ1n) is 8.96. The molecule has 1 N–H and O–H groups in total. The quantitative estimate of drug-likeness (QED) is 0.773. The second kappa shape index (κ2) is 7.92. The molecule has 2 rings (SSSR count). The van der Waals surface area contributed by atoms with Crippen LogP contribution in [0.4, 0.5) is 4.79 Å². The lowest BCUT2D eigenvalue weighted by molar-refractivity contribution is 0.0476. The Balaban J connectivity index is 2.13. The molecule has 1 aliphatic heterocycles. The minimum Gasteiger partial charge on any atom is -0.444 e. The lowest BCUT2D eigenvalue weighted by atomic mass is 10.1. The van der Waals surface area contributed by atoms with Crippen molar-refractivity contribution >= 4 is 29.7 Å². The number of ether oxygens (including phenoxy) is 1. The molecule has 0 aromatic heterocycles. The lowest BCUT2D eigenvalue weighted by Gasteiger charge is -2.28. The molecule has 1 aromatic rings. The first kappa shape index (κ1) is 21.3. The number of thioether (sulfide) groups is 1. The summed E-state index contributed by atoms with van der Waals surface area (Å²) >= 11 is 1.65. The third kappa shape index (κ3) is 5.99. The molecule has 0 saturated heterocycles. The van der Waals surface area contributed by atoms with Crippen molar-refractivity contribution in [2.45, 2.75) is 57.9 Å². The van der Waals surface area contributed by atoms with E-state index < -0.39 is 17.7 Å². The molecule has 1 heterocycles. The minimum atomic E-state index is -0.624. The fraction of sp³-hybridized carbons (Fsp3) is 0.550. The summed E-state index contributed by atoms with van der Waals surface area (Å²) < 4.78 is 5.31. The van der Waals surface area contributed by atoms with Crippen molar-refractivity contribution in [1.82, 2.24) is 10.2 Å². The number of benzene rings is 1. The molecule has 0 spiro atoms. The van der Waals surface area contributed by atoms with Crippen molar-refractivity contribution in [3.63, 3.8) is 0 Å². The second-order valence-electron chi connectivity index (χ2n) is 8.53. The molecule has 1 atom stereocenters. The number of rotatable bonds is 5. The molecule has 3 amide bonds. The predicted molar refractivity (Wildman–Crippen MR) is 107 cm³/mol. The van der Waals surface area contributed by atoms with Gasteiger partial charge >= 0.3 is 6.09 Å². The van der Waals surface area contributed by atoms with Gasteiger partial charge in [0.15, 0.2) is 0 Å². The van der Waals surface area contributed by atoms with Gasteiger partial charge in [0.25, 0.3) is 11.8 Å². The SMILES string of the molecule is CC(C)(C)OC(=O)N[C@H](CSC(C)(C)C)CN1C(=O)c2ccccc2C1=O. The summed E-state index contributed by atoms with van der Waals surface area (Å²) in [5, 5.41) is 2.81. The van der Waals surface area contributed by atoms with Gasteiger partial charge in [-0.2, -0.15) is 11.8 Å². The lowest BCUT2D eigenvalue weighted by Crippen LogP contribution is -2.48. The van der Waals surface area contributed by atoms with Crippen LogP contribution in [0.3, 0.4) is 0 Å². The highest BCUT2D eigenvalue weighted by Crippen LogP contribution is 2.26. The Bertz CT molecular complexity index is 699. The van der Waals surface area contributed by atoms with Crippen LogP contribution in [0.2, 0.25) is 0 Å². The van der Waals surface area contributed by atoms with E-state index in [9.17, 15) is 14.4 Å². The fourth-order valence-electron chi connectivity index (χ4n) is 2.59. The molecule has 1 aromatic carbocycles. The van der Waals surface area contributed by atoms with Crippen LogP contribution in [0, 0.1) is 0 Å². The molecule has 0 saturated carbocycles. The van der Waals surface area contributed by atoms with Gasteiger partial charge in [-0.25, -0.2) is 4.79 Å². The van der Waals surface area contributed by atoms with E-state index in [1.54, 1.807) is 56.8 Å². The van der Waals surface area contributed by atoms with Gasteiger partial charge in [-0.05, 0) is 32.9 Å². The maximum atomic E-state index is 12.6. The number of hydrogen-bond acceptors (Lipinski definition) is 5. The van der Waals surface area contributed by atoms with Crippen LogP contribution in [0.1, 0.15) is 62.3 Å². The highest BCUT2D eigenvalue weighted by molar-refractivity contribution is 8.00. The number of nitrogens with one attached hydrogen (secondary N) is 1. The van der Waals surface area contributed by atoms with Crippen LogP contribution >= 0.6 is 11.8 Å². The molecular weight excluding hydrogens is 364 g/mol. The Morgan fingerprint density at radius 1 is 1.07 bits per heavy atom. The van der Waals surface area contributed by atoms with Crippen molar-refractivity contribution in [2.75, 3.05) is 12.3 Å². The molecule has 1 aliphatic rings. The average Bonchev–Trinajstić information content (AvgIpc) is 2.75. The number of alkyl carbamates (subject to hydrolysis) is 1. The smallest absolute Gasteiger partial charge is 0.407 e. The zero-order valence-corrected chi connectivity index (χ0v) is 17.6. The zero-order valence-electron chi connectivity index (χ0n) is 16.8. The van der Waals surface area contributed by atoms with E-state index in [0.717, 1.165) is 0 Å². The van der Waals surface area contributed by atoms with Crippen molar-refractivity contribution in [1.29, 1.82) is 0 Å². The standard InChI is InChI=1S/C20H28N2O4S/c1-19(2,3)26-18(25)21-13(12-27-20(4,5)6)11-22-16(23)14-9-7-8-10-15(14)17(22)24/h7-10,13H,11-12H2,1-6H3,(H,21,25)/t13-/m0/s1. The summed E-state index contributed by atoms with van der Waals surface area (Å²) in [7, 11) is 0. The molecule has 0 aliphatic carbocycles. The van der Waals surface area contributed by atoms with Crippen molar-refractivity contribution in [3.8, 4) is 0 Å². The third-order valence-electron chi connectivity index (χ3n) is 3.72. The fourth-order valence-corrected chi connectivity index (χ4v) is 3.48. The zero-order chi connectivity index (χ0) is 20.4. The second-order valence-corrected chi connectivity index (χ2v) is 10.4. The summed E-state index contributed by atoms with van der Waals surface area (Å²) in [5.41, 5.74) is 0.186. The van der Waals surface area contributed by atoms with Crippen LogP contribution < -0.4 is 5.32 Å². The predicted octanol–water partition coefficient (Wildman–Crippen LogP) is 3.71. The van der Waals surface area contributed by atoms with Gasteiger partial charge in [0.05, 0.1) is 23.7 Å². The van der Waals surface area contributed by atoms with Crippen LogP contribution in [-0.2, 0) is 4.74 Å². The maximum Gasteiger partial charge on any atom is 0.407 e. The average molecular weight is 393 g/mol. The summed E-state index contributed by atoms with van der Waals surface area (Å²) in [6.45, 7) is 11.7. The Kier molecular flexibility index (Phi) is 6.24. The van der Waals surface area contributed by atoms with Crippen LogP contribution in [0.15, 0.2) is 24.3 Å². The van der Waals surface area contributed by atoms with Crippen LogP contribution in [-0.4, -0.2) is 51.5 Å². The summed E-state index contributed by atoms with van der Waals surface area (Å²) in [6.07, 6.45) is -0.557. The van der Waals surface area contributed by atoms with Gasteiger partial charge in [0.1, 0.15) is 5.60 Å². The molecule has 7 heteroatoms. The Morgan fingerprint density at radius 2 is 1.59 bits per heavy atom. The molecule has 0 fully saturated rings. The molecule has 148 valence electrons. The largest absolute Gasteiger partial charge is 0.444 e. The minimum absolute atomic E-state index is 0.0180. The maximum absolute atomic E-state index is 12.6. The van der Waals surface area contributed by atoms with Crippen molar-refractivity contribution in [3.05, 3.63) is 35.4 Å². The highest BCUT2D eigenvalue weighted by Gasteiger charge is 2.37. The van der Waals surface area contributed by atoms with Gasteiger partial charge in [0, 0.05) is 10.5 Å². The number of amides is 3. The van der Waals surface area contributed by atoms with E-state index in [1.807, 2.05) is 0 Å². The number of hydrogen-bond donors (Lipinski definition) is 1. The first-order valence-corrected chi connectivity index (χ1v) is 9.94. The number of fused-ring (bicyclic) bond motifs is 1. The van der Waals surface area contributed by atoms with Gasteiger partial charge in [0.2, 0.25) is 0 Å².